The van der Waals surface area contributed by atoms with Gasteiger partial charge in [-0.25, -0.2) is 0 Å². The van der Waals surface area contributed by atoms with Crippen molar-refractivity contribution < 1.29 is 19.4 Å². The van der Waals surface area contributed by atoms with Crippen molar-refractivity contribution in [2.75, 3.05) is 26.2 Å². The molecule has 0 spiro atoms. The molecule has 1 fully saturated rings. The highest BCUT2D eigenvalue weighted by molar-refractivity contribution is 5.85. The number of ether oxygens (including phenoxy) is 1. The zero-order valence-corrected chi connectivity index (χ0v) is 10.5. The molecule has 0 saturated carbocycles. The third-order valence-electron chi connectivity index (χ3n) is 2.57. The lowest BCUT2D eigenvalue weighted by molar-refractivity contribution is -0.156. The van der Waals surface area contributed by atoms with Gasteiger partial charge in [0.15, 0.2) is 0 Å². The van der Waals surface area contributed by atoms with E-state index in [-0.39, 0.29) is 12.5 Å². The molecule has 1 amide bonds. The summed E-state index contributed by atoms with van der Waals surface area (Å²) in [6.45, 7) is 6.76. The summed E-state index contributed by atoms with van der Waals surface area (Å²) < 4.78 is 5.35. The second-order valence-electron chi connectivity index (χ2n) is 5.05. The summed E-state index contributed by atoms with van der Waals surface area (Å²) in [4.78, 5) is 24.3. The number of carbonyl (C=O) groups excluding carboxylic acids is 1. The van der Waals surface area contributed by atoms with E-state index < -0.39 is 17.6 Å². The number of carbonyl (C=O) groups is 2. The molecule has 6 heteroatoms. The van der Waals surface area contributed by atoms with E-state index >= 15 is 0 Å². The minimum Gasteiger partial charge on any atom is -0.480 e. The van der Waals surface area contributed by atoms with Crippen LogP contribution in [-0.4, -0.2) is 59.8 Å². The molecular weight excluding hydrogens is 224 g/mol. The first-order valence-corrected chi connectivity index (χ1v) is 5.68. The van der Waals surface area contributed by atoms with Crippen LogP contribution in [0.5, 0.6) is 0 Å². The summed E-state index contributed by atoms with van der Waals surface area (Å²) in [6, 6.07) is 0. The normalized spacial score (nSPS) is 21.0. The molecule has 0 bridgehead atoms. The van der Waals surface area contributed by atoms with E-state index in [9.17, 15) is 9.59 Å². The largest absolute Gasteiger partial charge is 0.480 e. The molecule has 0 aliphatic carbocycles. The summed E-state index contributed by atoms with van der Waals surface area (Å²) >= 11 is 0. The Labute approximate surface area is 101 Å². The molecular formula is C11H20N2O4. The average molecular weight is 244 g/mol. The fourth-order valence-electron chi connectivity index (χ4n) is 1.68. The van der Waals surface area contributed by atoms with Crippen LogP contribution >= 0.6 is 0 Å². The van der Waals surface area contributed by atoms with Gasteiger partial charge in [0, 0.05) is 18.6 Å². The predicted octanol–water partition coefficient (Wildman–Crippen LogP) is -0.313. The number of carboxylic acid groups (broad SMARTS) is 1. The molecule has 2 N–H and O–H groups in total. The average Bonchev–Trinajstić information content (AvgIpc) is 2.24. The van der Waals surface area contributed by atoms with Gasteiger partial charge in [0.05, 0.1) is 6.61 Å². The van der Waals surface area contributed by atoms with Crippen molar-refractivity contribution >= 4 is 11.9 Å². The number of amides is 1. The van der Waals surface area contributed by atoms with Crippen molar-refractivity contribution in [3.63, 3.8) is 0 Å². The molecule has 1 atom stereocenters. The number of morpholine rings is 1. The Hall–Kier alpha value is -1.14. The molecule has 0 aromatic rings. The summed E-state index contributed by atoms with van der Waals surface area (Å²) in [5.41, 5.74) is -0.531. The maximum Gasteiger partial charge on any atom is 0.323 e. The number of rotatable bonds is 3. The van der Waals surface area contributed by atoms with Crippen LogP contribution in [0.1, 0.15) is 20.8 Å². The Kier molecular flexibility index (Phi) is 4.47. The quantitative estimate of drug-likeness (QED) is 0.711. The van der Waals surface area contributed by atoms with Crippen molar-refractivity contribution in [2.45, 2.75) is 32.4 Å². The van der Waals surface area contributed by atoms with E-state index in [0.29, 0.717) is 13.2 Å². The highest BCUT2D eigenvalue weighted by Crippen LogP contribution is 2.16. The molecule has 0 aromatic carbocycles. The van der Waals surface area contributed by atoms with Crippen LogP contribution in [-0.2, 0) is 14.3 Å². The second kappa shape index (κ2) is 5.46. The van der Waals surface area contributed by atoms with Crippen LogP contribution in [0.4, 0.5) is 0 Å². The molecule has 1 heterocycles. The predicted molar refractivity (Wildman–Crippen MR) is 61.7 cm³/mol. The lowest BCUT2D eigenvalue weighted by Crippen LogP contribution is -2.56. The minimum atomic E-state index is -1.02. The van der Waals surface area contributed by atoms with Gasteiger partial charge in [0.25, 0.3) is 5.91 Å². The zero-order chi connectivity index (χ0) is 13.1. The summed E-state index contributed by atoms with van der Waals surface area (Å²) in [7, 11) is 0. The van der Waals surface area contributed by atoms with E-state index in [4.69, 9.17) is 9.84 Å². The minimum absolute atomic E-state index is 0.271. The van der Waals surface area contributed by atoms with Crippen molar-refractivity contribution in [2.24, 2.45) is 0 Å². The van der Waals surface area contributed by atoms with Crippen molar-refractivity contribution in [1.29, 1.82) is 0 Å². The maximum absolute atomic E-state index is 12.2. The van der Waals surface area contributed by atoms with Gasteiger partial charge in [0.1, 0.15) is 12.6 Å². The highest BCUT2D eigenvalue weighted by atomic mass is 16.5. The number of hydrogen-bond acceptors (Lipinski definition) is 4. The van der Waals surface area contributed by atoms with Gasteiger partial charge in [-0.15, -0.1) is 0 Å². The number of carboxylic acids is 1. The Balaban J connectivity index is 2.74. The summed E-state index contributed by atoms with van der Waals surface area (Å²) in [6.07, 6.45) is -0.581. The zero-order valence-electron chi connectivity index (χ0n) is 10.5. The molecule has 1 rings (SSSR count). The Morgan fingerprint density at radius 3 is 2.53 bits per heavy atom. The van der Waals surface area contributed by atoms with Crippen molar-refractivity contribution in [3.05, 3.63) is 0 Å². The van der Waals surface area contributed by atoms with E-state index in [0.717, 1.165) is 6.54 Å². The van der Waals surface area contributed by atoms with E-state index in [1.807, 2.05) is 20.8 Å². The van der Waals surface area contributed by atoms with Crippen molar-refractivity contribution in [1.82, 2.24) is 10.2 Å². The second-order valence-corrected chi connectivity index (χ2v) is 5.05. The lowest BCUT2D eigenvalue weighted by Gasteiger charge is -2.37. The van der Waals surface area contributed by atoms with Gasteiger partial charge in [-0.2, -0.15) is 0 Å². The molecule has 1 aliphatic rings. The molecule has 6 nitrogen and oxygen atoms in total. The molecule has 1 unspecified atom stereocenters. The number of nitrogens with zero attached hydrogens (tertiary/aromatic N) is 1. The van der Waals surface area contributed by atoms with E-state index in [2.05, 4.69) is 5.32 Å². The summed E-state index contributed by atoms with van der Waals surface area (Å²) in [5.74, 6) is -1.29. The molecule has 98 valence electrons. The van der Waals surface area contributed by atoms with Gasteiger partial charge in [-0.1, -0.05) is 0 Å². The van der Waals surface area contributed by atoms with E-state index in [1.165, 1.54) is 4.90 Å². The first-order valence-electron chi connectivity index (χ1n) is 5.68. The van der Waals surface area contributed by atoms with Gasteiger partial charge < -0.3 is 20.1 Å². The Bertz CT molecular complexity index is 292. The fourth-order valence-corrected chi connectivity index (χ4v) is 1.68. The molecule has 0 radical (unpaired) electrons. The van der Waals surface area contributed by atoms with Crippen LogP contribution < -0.4 is 5.32 Å². The van der Waals surface area contributed by atoms with E-state index in [1.54, 1.807) is 0 Å². The first-order chi connectivity index (χ1) is 7.82. The monoisotopic (exact) mass is 244 g/mol. The standard InChI is InChI=1S/C11H20N2O4/c1-11(2,3)13(7-9(14)15)10(16)8-6-12-4-5-17-8/h8,12H,4-7H2,1-3H3,(H,14,15). The molecule has 1 aliphatic heterocycles. The van der Waals surface area contributed by atoms with Gasteiger partial charge in [0.2, 0.25) is 0 Å². The van der Waals surface area contributed by atoms with Gasteiger partial charge in [-0.3, -0.25) is 9.59 Å². The van der Waals surface area contributed by atoms with Crippen LogP contribution in [0, 0.1) is 0 Å². The van der Waals surface area contributed by atoms with Crippen LogP contribution in [0.25, 0.3) is 0 Å². The summed E-state index contributed by atoms with van der Waals surface area (Å²) in [5, 5.41) is 11.9. The fraction of sp³-hybridized carbons (Fsp3) is 0.818. The SMILES string of the molecule is CC(C)(C)N(CC(=O)O)C(=O)C1CNCCO1. The van der Waals surface area contributed by atoms with Crippen molar-refractivity contribution in [3.8, 4) is 0 Å². The number of nitrogens with one attached hydrogen (secondary N) is 1. The molecule has 1 saturated heterocycles. The van der Waals surface area contributed by atoms with Gasteiger partial charge in [-0.05, 0) is 20.8 Å². The third kappa shape index (κ3) is 3.98. The highest BCUT2D eigenvalue weighted by Gasteiger charge is 2.34. The number of hydrogen-bond donors (Lipinski definition) is 2. The van der Waals surface area contributed by atoms with Crippen LogP contribution in [0.2, 0.25) is 0 Å². The Morgan fingerprint density at radius 2 is 2.12 bits per heavy atom. The van der Waals surface area contributed by atoms with Gasteiger partial charge >= 0.3 is 5.97 Å². The Morgan fingerprint density at radius 1 is 1.47 bits per heavy atom. The third-order valence-corrected chi connectivity index (χ3v) is 2.57. The smallest absolute Gasteiger partial charge is 0.323 e. The first kappa shape index (κ1) is 13.9. The van der Waals surface area contributed by atoms with Crippen LogP contribution in [0.3, 0.4) is 0 Å². The molecule has 17 heavy (non-hydrogen) atoms. The number of aliphatic carboxylic acids is 1. The van der Waals surface area contributed by atoms with Crippen LogP contribution in [0.15, 0.2) is 0 Å². The maximum atomic E-state index is 12.2. The molecule has 0 aromatic heterocycles. The topological polar surface area (TPSA) is 78.9 Å². The lowest BCUT2D eigenvalue weighted by atomic mass is 10.0.